The highest BCUT2D eigenvalue weighted by Crippen LogP contribution is 2.41. The third kappa shape index (κ3) is 3.74. The highest BCUT2D eigenvalue weighted by atomic mass is 16.5. The van der Waals surface area contributed by atoms with Crippen LogP contribution in [-0.4, -0.2) is 49.1 Å². The molecule has 4 rings (SSSR count). The number of rotatable bonds is 5. The van der Waals surface area contributed by atoms with Gasteiger partial charge >= 0.3 is 0 Å². The van der Waals surface area contributed by atoms with E-state index in [2.05, 4.69) is 40.7 Å². The van der Waals surface area contributed by atoms with Crippen molar-refractivity contribution >= 4 is 5.91 Å². The topological polar surface area (TPSA) is 53.6 Å². The molecular formula is C21H31N3O2. The molecule has 1 aliphatic carbocycles. The van der Waals surface area contributed by atoms with E-state index in [4.69, 9.17) is 4.74 Å². The first-order chi connectivity index (χ1) is 12.7. The summed E-state index contributed by atoms with van der Waals surface area (Å²) in [7, 11) is 1.71. The zero-order valence-corrected chi connectivity index (χ0v) is 15.9. The lowest BCUT2D eigenvalue weighted by Gasteiger charge is -2.32. The maximum Gasteiger partial charge on any atom is 0.223 e. The summed E-state index contributed by atoms with van der Waals surface area (Å²) >= 11 is 0. The minimum absolute atomic E-state index is 0.146. The molecular weight excluding hydrogens is 326 g/mol. The third-order valence-corrected chi connectivity index (χ3v) is 6.21. The van der Waals surface area contributed by atoms with Gasteiger partial charge in [0, 0.05) is 30.6 Å². The number of methoxy groups -OCH3 is 1. The number of benzene rings is 1. The highest BCUT2D eigenvalue weighted by Gasteiger charge is 2.43. The molecule has 2 heterocycles. The van der Waals surface area contributed by atoms with Crippen LogP contribution < -0.4 is 15.4 Å². The Bertz CT molecular complexity index is 646. The Hall–Kier alpha value is -1.59. The van der Waals surface area contributed by atoms with Crippen molar-refractivity contribution in [3.05, 3.63) is 29.8 Å². The normalized spacial score (nSPS) is 32.4. The Morgan fingerprint density at radius 2 is 2.12 bits per heavy atom. The molecule has 2 N–H and O–H groups in total. The smallest absolute Gasteiger partial charge is 0.223 e. The molecule has 3 fully saturated rings. The molecule has 3 aliphatic rings. The number of nitrogens with one attached hydrogen (secondary N) is 2. The number of nitrogens with zero attached hydrogens (tertiary/aromatic N) is 1. The van der Waals surface area contributed by atoms with E-state index in [0.717, 1.165) is 38.1 Å². The van der Waals surface area contributed by atoms with Gasteiger partial charge in [-0.1, -0.05) is 12.1 Å². The average Bonchev–Trinajstić information content (AvgIpc) is 3.42. The van der Waals surface area contributed by atoms with Crippen molar-refractivity contribution < 1.29 is 9.53 Å². The molecule has 2 aliphatic heterocycles. The predicted octanol–water partition coefficient (Wildman–Crippen LogP) is 2.48. The van der Waals surface area contributed by atoms with E-state index >= 15 is 0 Å². The predicted molar refractivity (Wildman–Crippen MR) is 102 cm³/mol. The van der Waals surface area contributed by atoms with Crippen LogP contribution >= 0.6 is 0 Å². The van der Waals surface area contributed by atoms with Crippen molar-refractivity contribution in [3.8, 4) is 5.75 Å². The second kappa shape index (κ2) is 7.57. The molecule has 1 saturated carbocycles. The van der Waals surface area contributed by atoms with Crippen LogP contribution in [0.4, 0.5) is 0 Å². The lowest BCUT2D eigenvalue weighted by molar-refractivity contribution is -0.127. The third-order valence-electron chi connectivity index (χ3n) is 6.21. The Morgan fingerprint density at radius 1 is 1.27 bits per heavy atom. The molecule has 1 aromatic carbocycles. The Balaban J connectivity index is 1.51. The first-order valence-electron chi connectivity index (χ1n) is 10.1. The number of amides is 1. The number of hydrogen-bond donors (Lipinski definition) is 2. The van der Waals surface area contributed by atoms with E-state index in [1.807, 2.05) is 6.07 Å². The van der Waals surface area contributed by atoms with Crippen LogP contribution in [0.3, 0.4) is 0 Å². The van der Waals surface area contributed by atoms with Crippen molar-refractivity contribution in [2.24, 2.45) is 5.92 Å². The molecule has 0 bridgehead atoms. The average molecular weight is 357 g/mol. The van der Waals surface area contributed by atoms with Crippen molar-refractivity contribution in [1.82, 2.24) is 15.5 Å². The van der Waals surface area contributed by atoms with E-state index in [1.165, 1.54) is 18.4 Å². The van der Waals surface area contributed by atoms with E-state index in [-0.39, 0.29) is 23.9 Å². The van der Waals surface area contributed by atoms with E-state index in [9.17, 15) is 4.79 Å². The first-order valence-corrected chi connectivity index (χ1v) is 10.1. The maximum absolute atomic E-state index is 12.9. The van der Waals surface area contributed by atoms with Crippen molar-refractivity contribution in [2.45, 2.75) is 63.2 Å². The summed E-state index contributed by atoms with van der Waals surface area (Å²) in [6, 6.07) is 9.94. The van der Waals surface area contributed by atoms with E-state index in [0.29, 0.717) is 12.1 Å². The van der Waals surface area contributed by atoms with Gasteiger partial charge in [-0.2, -0.15) is 0 Å². The number of hydrogen-bond acceptors (Lipinski definition) is 4. The number of piperidine rings is 1. The number of likely N-dealkylation sites (tertiary alicyclic amines) is 1. The standard InChI is InChI=1S/C21H31N3O2/c1-14-12-16(8-10-22-14)21(25)23-19-9-11-24(17-6-7-17)20(19)15-4-3-5-18(13-15)26-2/h3-5,13-14,16-17,19-20,22H,6-12H2,1-2H3,(H,23,25)/t14-,16-,19?,20?/m0/s1. The fraction of sp³-hybridized carbons (Fsp3) is 0.667. The number of carbonyl (C=O) groups is 1. The minimum Gasteiger partial charge on any atom is -0.497 e. The summed E-state index contributed by atoms with van der Waals surface area (Å²) in [5.74, 6) is 1.28. The lowest BCUT2D eigenvalue weighted by Crippen LogP contribution is -2.46. The Morgan fingerprint density at radius 3 is 2.85 bits per heavy atom. The minimum atomic E-state index is 0.146. The van der Waals surface area contributed by atoms with E-state index < -0.39 is 0 Å². The summed E-state index contributed by atoms with van der Waals surface area (Å²) < 4.78 is 5.44. The molecule has 2 saturated heterocycles. The van der Waals surface area contributed by atoms with E-state index in [1.54, 1.807) is 7.11 Å². The molecule has 5 nitrogen and oxygen atoms in total. The maximum atomic E-state index is 12.9. The van der Waals surface area contributed by atoms with Crippen LogP contribution in [-0.2, 0) is 4.79 Å². The van der Waals surface area contributed by atoms with Crippen LogP contribution in [0.2, 0.25) is 0 Å². The first kappa shape index (κ1) is 17.8. The molecule has 0 radical (unpaired) electrons. The van der Waals surface area contributed by atoms with Crippen molar-refractivity contribution in [2.75, 3.05) is 20.2 Å². The summed E-state index contributed by atoms with van der Waals surface area (Å²) in [6.45, 7) is 4.18. The molecule has 26 heavy (non-hydrogen) atoms. The second-order valence-corrected chi connectivity index (χ2v) is 8.17. The molecule has 4 atom stereocenters. The van der Waals surface area contributed by atoms with Crippen molar-refractivity contribution in [3.63, 3.8) is 0 Å². The van der Waals surface area contributed by atoms with Gasteiger partial charge in [-0.25, -0.2) is 0 Å². The zero-order valence-electron chi connectivity index (χ0n) is 15.9. The van der Waals surface area contributed by atoms with Gasteiger partial charge in [-0.05, 0) is 63.3 Å². The Labute approximate surface area is 156 Å². The van der Waals surface area contributed by atoms with Crippen LogP contribution in [0.15, 0.2) is 24.3 Å². The second-order valence-electron chi connectivity index (χ2n) is 8.17. The molecule has 5 heteroatoms. The summed E-state index contributed by atoms with van der Waals surface area (Å²) in [4.78, 5) is 15.5. The van der Waals surface area contributed by atoms with Gasteiger partial charge in [-0.15, -0.1) is 0 Å². The quantitative estimate of drug-likeness (QED) is 0.850. The van der Waals surface area contributed by atoms with Gasteiger partial charge in [0.05, 0.1) is 13.2 Å². The number of ether oxygens (including phenoxy) is 1. The molecule has 142 valence electrons. The van der Waals surface area contributed by atoms with Gasteiger partial charge in [0.2, 0.25) is 5.91 Å². The fourth-order valence-corrected chi connectivity index (χ4v) is 4.70. The van der Waals surface area contributed by atoms with Gasteiger partial charge in [0.15, 0.2) is 0 Å². The monoisotopic (exact) mass is 357 g/mol. The SMILES string of the molecule is COc1cccc(C2C(NC(=O)[C@H]3CCN[C@@H](C)C3)CCN2C2CC2)c1. The zero-order chi connectivity index (χ0) is 18.1. The van der Waals surface area contributed by atoms with Crippen LogP contribution in [0.5, 0.6) is 5.75 Å². The summed E-state index contributed by atoms with van der Waals surface area (Å²) in [6.07, 6.45) is 5.48. The fourth-order valence-electron chi connectivity index (χ4n) is 4.70. The molecule has 1 amide bonds. The summed E-state index contributed by atoms with van der Waals surface area (Å²) in [5, 5.41) is 6.85. The van der Waals surface area contributed by atoms with Gasteiger partial charge in [0.1, 0.15) is 5.75 Å². The van der Waals surface area contributed by atoms with Gasteiger partial charge in [-0.3, -0.25) is 9.69 Å². The highest BCUT2D eigenvalue weighted by molar-refractivity contribution is 5.79. The number of carbonyl (C=O) groups excluding carboxylic acids is 1. The van der Waals surface area contributed by atoms with Gasteiger partial charge < -0.3 is 15.4 Å². The summed E-state index contributed by atoms with van der Waals surface area (Å²) in [5.41, 5.74) is 1.26. The van der Waals surface area contributed by atoms with Crippen LogP contribution in [0, 0.1) is 5.92 Å². The lowest BCUT2D eigenvalue weighted by atomic mass is 9.91. The largest absolute Gasteiger partial charge is 0.497 e. The molecule has 2 unspecified atom stereocenters. The molecule has 1 aromatic rings. The van der Waals surface area contributed by atoms with Crippen molar-refractivity contribution in [1.29, 1.82) is 0 Å². The van der Waals surface area contributed by atoms with Gasteiger partial charge in [0.25, 0.3) is 0 Å². The molecule has 0 aromatic heterocycles. The molecule has 0 spiro atoms. The van der Waals surface area contributed by atoms with Crippen LogP contribution in [0.25, 0.3) is 0 Å². The van der Waals surface area contributed by atoms with Crippen LogP contribution in [0.1, 0.15) is 50.6 Å². The Kier molecular flexibility index (Phi) is 5.18.